The molecule has 5 atom stereocenters. The Hall–Kier alpha value is -3.52. The Bertz CT molecular complexity index is 874. The third-order valence-corrected chi connectivity index (χ3v) is 5.23. The van der Waals surface area contributed by atoms with E-state index in [1.165, 1.54) is 24.3 Å². The zero-order valence-corrected chi connectivity index (χ0v) is 18.1. The molecule has 0 spiro atoms. The fourth-order valence-electron chi connectivity index (χ4n) is 3.55. The van der Waals surface area contributed by atoms with Gasteiger partial charge < -0.3 is 42.2 Å². The summed E-state index contributed by atoms with van der Waals surface area (Å²) in [7, 11) is 0. The molecule has 1 fully saturated rings. The van der Waals surface area contributed by atoms with Crippen molar-refractivity contribution in [1.29, 1.82) is 0 Å². The highest BCUT2D eigenvalue weighted by molar-refractivity contribution is 5.95. The average Bonchev–Trinajstić information content (AvgIpc) is 3.41. The number of likely N-dealkylation sites (tertiary alicyclic amines) is 1. The number of rotatable bonds is 11. The third kappa shape index (κ3) is 6.98. The predicted molar refractivity (Wildman–Crippen MR) is 112 cm³/mol. The largest absolute Gasteiger partial charge is 0.480 e. The number of carbonyl (C=O) groups is 5. The van der Waals surface area contributed by atoms with Gasteiger partial charge in [-0.25, -0.2) is 9.78 Å². The second-order valence-corrected chi connectivity index (χ2v) is 7.87. The third-order valence-electron chi connectivity index (χ3n) is 5.23. The number of aromatic amines is 1. The number of hydrogen-bond acceptors (Lipinski definition) is 8. The first-order chi connectivity index (χ1) is 15.5. The second kappa shape index (κ2) is 11.4. The number of primary amides is 1. The lowest BCUT2D eigenvalue weighted by molar-refractivity contribution is -0.145. The quantitative estimate of drug-likeness (QED) is 0.171. The highest BCUT2D eigenvalue weighted by Crippen LogP contribution is 2.19. The van der Waals surface area contributed by atoms with Crippen LogP contribution in [0.3, 0.4) is 0 Å². The van der Waals surface area contributed by atoms with Crippen molar-refractivity contribution in [2.24, 2.45) is 11.5 Å². The summed E-state index contributed by atoms with van der Waals surface area (Å²) in [6, 6.07) is -4.98. The van der Waals surface area contributed by atoms with Gasteiger partial charge in [0.25, 0.3) is 0 Å². The Morgan fingerprint density at radius 1 is 1.30 bits per heavy atom. The summed E-state index contributed by atoms with van der Waals surface area (Å²) in [6.45, 7) is 1.52. The first kappa shape index (κ1) is 25.7. The monoisotopic (exact) mass is 467 g/mol. The zero-order chi connectivity index (χ0) is 24.7. The first-order valence-electron chi connectivity index (χ1n) is 10.3. The van der Waals surface area contributed by atoms with Crippen LogP contribution < -0.4 is 22.1 Å². The van der Waals surface area contributed by atoms with E-state index in [0.717, 1.165) is 0 Å². The summed E-state index contributed by atoms with van der Waals surface area (Å²) in [4.78, 5) is 68.5. The minimum atomic E-state index is -1.63. The van der Waals surface area contributed by atoms with Crippen LogP contribution in [0.1, 0.15) is 31.9 Å². The molecule has 182 valence electrons. The minimum absolute atomic E-state index is 0.193. The van der Waals surface area contributed by atoms with Crippen LogP contribution in [0.5, 0.6) is 0 Å². The molecule has 14 nitrogen and oxygen atoms in total. The van der Waals surface area contributed by atoms with Crippen LogP contribution in [0.4, 0.5) is 0 Å². The molecular formula is C19H29N7O7. The molecule has 5 unspecified atom stereocenters. The van der Waals surface area contributed by atoms with Gasteiger partial charge in [-0.15, -0.1) is 0 Å². The summed E-state index contributed by atoms with van der Waals surface area (Å²) in [6.07, 6.45) is 1.98. The maximum Gasteiger partial charge on any atom is 0.326 e. The molecule has 0 aliphatic carbocycles. The van der Waals surface area contributed by atoms with Crippen molar-refractivity contribution in [1.82, 2.24) is 25.5 Å². The molecule has 2 rings (SSSR count). The van der Waals surface area contributed by atoms with Gasteiger partial charge in [-0.05, 0) is 19.8 Å². The maximum atomic E-state index is 12.9. The van der Waals surface area contributed by atoms with Gasteiger partial charge in [-0.3, -0.25) is 19.2 Å². The fraction of sp³-hybridized carbons (Fsp3) is 0.579. The molecule has 1 aromatic rings. The van der Waals surface area contributed by atoms with E-state index in [1.54, 1.807) is 0 Å². The Labute approximate surface area is 189 Å². The highest BCUT2D eigenvalue weighted by atomic mass is 16.4. The van der Waals surface area contributed by atoms with E-state index in [0.29, 0.717) is 25.1 Å². The zero-order valence-electron chi connectivity index (χ0n) is 18.1. The fourth-order valence-corrected chi connectivity index (χ4v) is 3.55. The molecule has 4 amide bonds. The van der Waals surface area contributed by atoms with Gasteiger partial charge in [0.2, 0.25) is 23.6 Å². The summed E-state index contributed by atoms with van der Waals surface area (Å²) >= 11 is 0. The molecule has 2 heterocycles. The van der Waals surface area contributed by atoms with Crippen LogP contribution in [0.25, 0.3) is 0 Å². The standard InChI is InChI=1S/C19H29N7O7/c1-9(27)15(17(30)24-12(19(32)33)6-14(21)28)25-16(29)13-3-2-4-26(13)18(31)11(20)5-10-7-22-8-23-10/h7-9,11-13,15,27H,2-6,20H2,1H3,(H2,21,28)(H,22,23)(H,24,30)(H,25,29)(H,32,33). The molecule has 0 saturated carbocycles. The Morgan fingerprint density at radius 3 is 2.55 bits per heavy atom. The number of H-pyrrole nitrogens is 1. The van der Waals surface area contributed by atoms with Crippen molar-refractivity contribution in [2.45, 2.75) is 62.9 Å². The predicted octanol–water partition coefficient (Wildman–Crippen LogP) is -3.42. The number of carbonyl (C=O) groups excluding carboxylic acids is 4. The van der Waals surface area contributed by atoms with Gasteiger partial charge in [0.05, 0.1) is 24.9 Å². The van der Waals surface area contributed by atoms with Crippen LogP contribution >= 0.6 is 0 Å². The van der Waals surface area contributed by atoms with Crippen LogP contribution in [0.15, 0.2) is 12.5 Å². The first-order valence-corrected chi connectivity index (χ1v) is 10.3. The number of nitrogens with one attached hydrogen (secondary N) is 3. The Kier molecular flexibility index (Phi) is 8.87. The summed E-state index contributed by atoms with van der Waals surface area (Å²) < 4.78 is 0. The van der Waals surface area contributed by atoms with Crippen LogP contribution in [0.2, 0.25) is 0 Å². The lowest BCUT2D eigenvalue weighted by Gasteiger charge is -2.29. The molecule has 1 aliphatic rings. The number of aliphatic hydroxyl groups is 1. The van der Waals surface area contributed by atoms with Crippen LogP contribution in [-0.2, 0) is 30.4 Å². The minimum Gasteiger partial charge on any atom is -0.480 e. The van der Waals surface area contributed by atoms with Crippen molar-refractivity contribution in [3.05, 3.63) is 18.2 Å². The molecule has 0 aromatic carbocycles. The smallest absolute Gasteiger partial charge is 0.326 e. The number of aliphatic hydroxyl groups excluding tert-OH is 1. The van der Waals surface area contributed by atoms with Crippen molar-refractivity contribution < 1.29 is 34.2 Å². The topological polar surface area (TPSA) is 234 Å². The molecule has 14 heteroatoms. The van der Waals surface area contributed by atoms with Gasteiger partial charge in [0.1, 0.15) is 18.1 Å². The molecule has 1 aliphatic heterocycles. The number of carboxylic acid groups (broad SMARTS) is 1. The van der Waals surface area contributed by atoms with E-state index in [4.69, 9.17) is 16.6 Å². The van der Waals surface area contributed by atoms with Gasteiger partial charge in [0.15, 0.2) is 0 Å². The molecule has 33 heavy (non-hydrogen) atoms. The highest BCUT2D eigenvalue weighted by Gasteiger charge is 2.39. The van der Waals surface area contributed by atoms with E-state index < -0.39 is 66.3 Å². The van der Waals surface area contributed by atoms with Crippen LogP contribution in [-0.4, -0.2) is 91.5 Å². The van der Waals surface area contributed by atoms with Gasteiger partial charge in [-0.1, -0.05) is 0 Å². The lowest BCUT2D eigenvalue weighted by atomic mass is 10.1. The van der Waals surface area contributed by atoms with Crippen molar-refractivity contribution in [3.8, 4) is 0 Å². The second-order valence-electron chi connectivity index (χ2n) is 7.87. The SMILES string of the molecule is CC(O)C(NC(=O)C1CCCN1C(=O)C(N)Cc1cnc[nH]1)C(=O)NC(CC(N)=O)C(=O)O. The van der Waals surface area contributed by atoms with E-state index in [2.05, 4.69) is 20.6 Å². The van der Waals surface area contributed by atoms with Crippen LogP contribution in [0, 0.1) is 0 Å². The lowest BCUT2D eigenvalue weighted by Crippen LogP contribution is -2.59. The van der Waals surface area contributed by atoms with Gasteiger partial charge in [0, 0.05) is 24.9 Å². The summed E-state index contributed by atoms with van der Waals surface area (Å²) in [5, 5.41) is 23.6. The number of aliphatic carboxylic acids is 1. The number of nitrogens with two attached hydrogens (primary N) is 2. The molecule has 0 radical (unpaired) electrons. The van der Waals surface area contributed by atoms with Gasteiger partial charge >= 0.3 is 5.97 Å². The Morgan fingerprint density at radius 2 is 2.00 bits per heavy atom. The van der Waals surface area contributed by atoms with E-state index in [9.17, 15) is 29.1 Å². The number of imidazole rings is 1. The van der Waals surface area contributed by atoms with Crippen molar-refractivity contribution >= 4 is 29.6 Å². The molecule has 9 N–H and O–H groups in total. The Balaban J connectivity index is 2.05. The molecule has 1 saturated heterocycles. The molecule has 0 bridgehead atoms. The molecular weight excluding hydrogens is 438 g/mol. The number of hydrogen-bond donors (Lipinski definition) is 7. The average molecular weight is 467 g/mol. The van der Waals surface area contributed by atoms with Crippen molar-refractivity contribution in [2.75, 3.05) is 6.54 Å². The maximum absolute atomic E-state index is 12.9. The van der Waals surface area contributed by atoms with E-state index in [-0.39, 0.29) is 6.42 Å². The summed E-state index contributed by atoms with van der Waals surface area (Å²) in [5.41, 5.74) is 11.7. The van der Waals surface area contributed by atoms with E-state index >= 15 is 0 Å². The van der Waals surface area contributed by atoms with Crippen molar-refractivity contribution in [3.63, 3.8) is 0 Å². The summed E-state index contributed by atoms with van der Waals surface area (Å²) in [5.74, 6) is -4.62. The number of nitrogens with zero attached hydrogens (tertiary/aromatic N) is 2. The van der Waals surface area contributed by atoms with Gasteiger partial charge in [-0.2, -0.15) is 0 Å². The normalized spacial score (nSPS) is 19.2. The van der Waals surface area contributed by atoms with E-state index in [1.807, 2.05) is 0 Å². The number of carboxylic acids is 1. The molecule has 1 aromatic heterocycles. The number of amides is 4. The number of aromatic nitrogens is 2.